The van der Waals surface area contributed by atoms with E-state index in [0.29, 0.717) is 43.5 Å². The van der Waals surface area contributed by atoms with Crippen molar-refractivity contribution in [2.75, 3.05) is 56.3 Å². The largest absolute Gasteiger partial charge is 0.497 e. The number of nitrogens with one attached hydrogen (secondary N) is 9. The van der Waals surface area contributed by atoms with Gasteiger partial charge < -0.3 is 85.3 Å². The third kappa shape index (κ3) is 27.9. The van der Waals surface area contributed by atoms with Gasteiger partial charge in [0.15, 0.2) is 0 Å². The van der Waals surface area contributed by atoms with Gasteiger partial charge in [-0.2, -0.15) is 23.5 Å². The number of likely N-dealkylation sites (tertiary alicyclic amines) is 2. The Labute approximate surface area is 581 Å². The number of hydrogen-bond acceptors (Lipinski definition) is 18. The van der Waals surface area contributed by atoms with Crippen molar-refractivity contribution in [3.8, 4) is 5.75 Å². The molecule has 0 saturated carbocycles. The smallest absolute Gasteiger partial charge is 0.246 e. The highest BCUT2D eigenvalue weighted by atomic mass is 32.2. The van der Waals surface area contributed by atoms with Crippen molar-refractivity contribution in [1.29, 1.82) is 0 Å². The maximum atomic E-state index is 14.5. The third-order valence-corrected chi connectivity index (χ3v) is 19.3. The van der Waals surface area contributed by atoms with Gasteiger partial charge in [0, 0.05) is 49.8 Å². The minimum Gasteiger partial charge on any atom is -0.497 e. The number of nitrogens with two attached hydrogens (primary N) is 4. The quantitative estimate of drug-likeness (QED) is 0.0484. The van der Waals surface area contributed by atoms with Crippen LogP contribution in [-0.4, -0.2) is 209 Å². The first-order chi connectivity index (χ1) is 46.4. The second kappa shape index (κ2) is 41.9. The summed E-state index contributed by atoms with van der Waals surface area (Å²) >= 11 is 3.00. The van der Waals surface area contributed by atoms with Crippen LogP contribution in [0.4, 0.5) is 0 Å². The number of methoxy groups -OCH3 is 1. The number of nitrogens with zero attached hydrogens (tertiary/aromatic N) is 2. The number of thioether (sulfide) groups is 2. The fourth-order valence-electron chi connectivity index (χ4n) is 11.6. The normalized spacial score (nSPS) is 23.2. The fourth-order valence-corrected chi connectivity index (χ4v) is 13.7. The van der Waals surface area contributed by atoms with E-state index in [1.807, 2.05) is 39.5 Å². The van der Waals surface area contributed by atoms with Crippen molar-refractivity contribution in [3.63, 3.8) is 0 Å². The molecule has 33 heteroatoms. The van der Waals surface area contributed by atoms with Gasteiger partial charge in [-0.3, -0.25) is 71.9 Å². The van der Waals surface area contributed by atoms with Crippen molar-refractivity contribution < 1.29 is 76.7 Å². The van der Waals surface area contributed by atoms with Crippen LogP contribution >= 0.6 is 23.5 Å². The summed E-state index contributed by atoms with van der Waals surface area (Å²) in [5.74, 6) is -7.84. The SMILES string of the molecule is CC(C)C[C@H](NC(=O)[C@@H]1CCCN1C(=O)C1CCCCSC1)C(=O)NCC(N)=O.CC[C@H](C)[C@@H]1NC(=O)[C@H](Cc2ccc(OC)cc2)NC(=O)CCCSC[C@@H](C(=O)N2CCC[C@H]2C(=O)N[C@@H](CC(C)C)C(=O)NCC(N)=O)NC(=O)[C@H](CC(N)=O)NC(=O)[C@H](CCC(N)=O)NC1=O. The zero-order chi connectivity index (χ0) is 72.8. The van der Waals surface area contributed by atoms with E-state index in [1.54, 1.807) is 43.0 Å². The molecule has 98 heavy (non-hydrogen) atoms. The number of rotatable bonds is 26. The molecule has 0 bridgehead atoms. The molecule has 15 amide bonds. The lowest BCUT2D eigenvalue weighted by molar-refractivity contribution is -0.142. The Morgan fingerprint density at radius 1 is 0.582 bits per heavy atom. The summed E-state index contributed by atoms with van der Waals surface area (Å²) in [5.41, 5.74) is 21.9. The Hall–Kier alpha value is -8.23. The van der Waals surface area contributed by atoms with Gasteiger partial charge in [0.2, 0.25) is 88.6 Å². The lowest BCUT2D eigenvalue weighted by atomic mass is 9.96. The molecule has 4 fully saturated rings. The van der Waals surface area contributed by atoms with E-state index in [-0.39, 0.29) is 92.7 Å². The molecule has 0 spiro atoms. The van der Waals surface area contributed by atoms with E-state index < -0.39 is 156 Å². The first kappa shape index (κ1) is 82.2. The highest BCUT2D eigenvalue weighted by molar-refractivity contribution is 7.99. The lowest BCUT2D eigenvalue weighted by Gasteiger charge is -2.31. The van der Waals surface area contributed by atoms with E-state index in [2.05, 4.69) is 47.9 Å². The summed E-state index contributed by atoms with van der Waals surface area (Å²) in [6.45, 7) is 11.0. The molecule has 4 aliphatic heterocycles. The number of hydrogen-bond donors (Lipinski definition) is 13. The van der Waals surface area contributed by atoms with E-state index in [0.717, 1.165) is 37.2 Å². The van der Waals surface area contributed by atoms with Gasteiger partial charge in [0.05, 0.1) is 26.6 Å². The van der Waals surface area contributed by atoms with Crippen LogP contribution in [0.5, 0.6) is 5.75 Å². The van der Waals surface area contributed by atoms with Crippen LogP contribution in [0.2, 0.25) is 0 Å². The number of carbonyl (C=O) groups excluding carboxylic acids is 15. The Balaban J connectivity index is 0.000000582. The Morgan fingerprint density at radius 2 is 1.10 bits per heavy atom. The molecule has 11 atom stereocenters. The van der Waals surface area contributed by atoms with Crippen LogP contribution in [0.15, 0.2) is 24.3 Å². The number of carbonyl (C=O) groups is 15. The molecule has 0 aromatic heterocycles. The van der Waals surface area contributed by atoms with Gasteiger partial charge >= 0.3 is 0 Å². The van der Waals surface area contributed by atoms with Gasteiger partial charge in [0.25, 0.3) is 0 Å². The predicted molar refractivity (Wildman–Crippen MR) is 366 cm³/mol. The number of benzene rings is 1. The minimum atomic E-state index is -1.71. The second-order valence-corrected chi connectivity index (χ2v) is 28.3. The zero-order valence-corrected chi connectivity index (χ0v) is 59.0. The van der Waals surface area contributed by atoms with E-state index in [4.69, 9.17) is 27.7 Å². The molecule has 1 unspecified atom stereocenters. The van der Waals surface area contributed by atoms with Gasteiger partial charge in [-0.05, 0) is 111 Å². The van der Waals surface area contributed by atoms with Gasteiger partial charge in [-0.15, -0.1) is 0 Å². The molecule has 4 aliphatic rings. The van der Waals surface area contributed by atoms with Crippen molar-refractivity contribution in [2.24, 2.45) is 46.6 Å². The third-order valence-electron chi connectivity index (χ3n) is 17.0. The van der Waals surface area contributed by atoms with Crippen LogP contribution in [0.1, 0.15) is 143 Å². The maximum absolute atomic E-state index is 14.5. The van der Waals surface area contributed by atoms with Crippen molar-refractivity contribution in [2.45, 2.75) is 199 Å². The molecular weight excluding hydrogens is 1310 g/mol. The molecule has 4 saturated heterocycles. The van der Waals surface area contributed by atoms with Crippen LogP contribution in [-0.2, 0) is 78.3 Å². The molecule has 546 valence electrons. The highest BCUT2D eigenvalue weighted by Gasteiger charge is 2.42. The van der Waals surface area contributed by atoms with Crippen molar-refractivity contribution >= 4 is 112 Å². The number of amides is 15. The monoisotopic (exact) mass is 1410 g/mol. The van der Waals surface area contributed by atoms with E-state index in [9.17, 15) is 71.9 Å². The summed E-state index contributed by atoms with van der Waals surface area (Å²) in [6.07, 6.45) is 4.71. The second-order valence-electron chi connectivity index (χ2n) is 26.0. The molecule has 31 nitrogen and oxygen atoms in total. The summed E-state index contributed by atoms with van der Waals surface area (Å²) in [5, 5.41) is 23.5. The first-order valence-electron chi connectivity index (χ1n) is 33.6. The lowest BCUT2D eigenvalue weighted by Crippen LogP contribution is -2.61. The maximum Gasteiger partial charge on any atom is 0.246 e. The molecule has 4 heterocycles. The Bertz CT molecular complexity index is 2950. The topological polar surface area (TPSA) is 484 Å². The van der Waals surface area contributed by atoms with Crippen molar-refractivity contribution in [3.05, 3.63) is 29.8 Å². The summed E-state index contributed by atoms with van der Waals surface area (Å²) in [7, 11) is 1.50. The zero-order valence-electron chi connectivity index (χ0n) is 57.3. The van der Waals surface area contributed by atoms with Crippen molar-refractivity contribution in [1.82, 2.24) is 57.7 Å². The van der Waals surface area contributed by atoms with Crippen LogP contribution in [0.25, 0.3) is 0 Å². The molecule has 0 radical (unpaired) electrons. The average molecular weight is 1410 g/mol. The molecular formula is C65H103N15O16S2. The molecule has 17 N–H and O–H groups in total. The Morgan fingerprint density at radius 3 is 1.62 bits per heavy atom. The van der Waals surface area contributed by atoms with Gasteiger partial charge in [-0.25, -0.2) is 0 Å². The standard InChI is InChI=1S/C45H69N11O12S.C20H34N4O4S/c1-6-25(4)38-44(66)51-28(15-16-34(46)57)40(62)52-31(21-35(47)58)41(63)54-32(23-69-18-8-10-37(60)50-30(42(64)55-38)20-26-11-13-27(68-5)14-12-26)45(67)56-17-7-9-33(56)43(65)53-29(19-24(2)3)39(61)49-22-36(48)59;1-13(2)10-15(18(26)22-11-17(21)25)23-19(27)16-7-5-8-24(16)20(28)14-6-3-4-9-29-12-14/h11-14,24-25,28-33,38H,6-10,15-23H2,1-5H3,(H2,46,57)(H2,47,58)(H2,48,59)(H,49,61)(H,50,60)(H,51,66)(H,52,62)(H,53,65)(H,54,63)(H,55,64);13-16H,3-12H2,1-2H3,(H2,21,25)(H,22,26)(H,23,27)/t25-,28-,29-,30-,31-,32-,33-,38-;14?,15-,16-/m00/s1. The fraction of sp³-hybridized carbons (Fsp3) is 0.677. The van der Waals surface area contributed by atoms with E-state index >= 15 is 0 Å². The summed E-state index contributed by atoms with van der Waals surface area (Å²) in [4.78, 5) is 199. The van der Waals surface area contributed by atoms with E-state index in [1.165, 1.54) is 23.8 Å². The Kier molecular flexibility index (Phi) is 35.1. The number of primary amides is 4. The van der Waals surface area contributed by atoms with Crippen LogP contribution in [0, 0.1) is 23.7 Å². The average Bonchev–Trinajstić information content (AvgIpc) is 1.61. The summed E-state index contributed by atoms with van der Waals surface area (Å²) < 4.78 is 5.25. The van der Waals surface area contributed by atoms with Crippen LogP contribution < -0.4 is 75.5 Å². The van der Waals surface area contributed by atoms with Gasteiger partial charge in [0.1, 0.15) is 60.1 Å². The predicted octanol–water partition coefficient (Wildman–Crippen LogP) is -1.86. The summed E-state index contributed by atoms with van der Waals surface area (Å²) in [6, 6.07) is -3.69. The molecule has 1 aromatic rings. The molecule has 0 aliphatic carbocycles. The molecule has 5 rings (SSSR count). The first-order valence-corrected chi connectivity index (χ1v) is 35.9. The van der Waals surface area contributed by atoms with Crippen LogP contribution in [0.3, 0.4) is 0 Å². The van der Waals surface area contributed by atoms with Gasteiger partial charge in [-0.1, -0.05) is 66.5 Å². The highest BCUT2D eigenvalue weighted by Crippen LogP contribution is 2.28. The molecule has 1 aromatic carbocycles. The minimum absolute atomic E-state index is 0.0237. The number of ether oxygens (including phenoxy) is 1.